The number of carbonyl (C=O) groups excluding carboxylic acids is 1. The van der Waals surface area contributed by atoms with E-state index in [-0.39, 0.29) is 12.1 Å². The molecule has 4 aromatic rings. The monoisotopic (exact) mass is 382 g/mol. The molecule has 0 bridgehead atoms. The fourth-order valence-electron chi connectivity index (χ4n) is 3.76. The van der Waals surface area contributed by atoms with Crippen LogP contribution in [0, 0.1) is 0 Å². The number of fused-ring (bicyclic) bond motifs is 3. The third kappa shape index (κ3) is 3.88. The molecular formula is C27H26O2. The van der Waals surface area contributed by atoms with Crippen molar-refractivity contribution in [2.45, 2.75) is 39.2 Å². The van der Waals surface area contributed by atoms with Gasteiger partial charge in [-0.1, -0.05) is 74.5 Å². The summed E-state index contributed by atoms with van der Waals surface area (Å²) in [6, 6.07) is 26.7. The average Bonchev–Trinajstić information content (AvgIpc) is 2.78. The number of carbonyl (C=O) groups is 1. The van der Waals surface area contributed by atoms with Crippen molar-refractivity contribution in [3.8, 4) is 0 Å². The van der Waals surface area contributed by atoms with Crippen molar-refractivity contribution in [1.29, 1.82) is 0 Å². The number of rotatable bonds is 5. The molecule has 0 heterocycles. The molecule has 0 aromatic heterocycles. The maximum absolute atomic E-state index is 12.6. The van der Waals surface area contributed by atoms with Gasteiger partial charge in [0.05, 0.1) is 5.56 Å². The second-order valence-corrected chi connectivity index (χ2v) is 7.75. The van der Waals surface area contributed by atoms with Crippen molar-refractivity contribution >= 4 is 27.5 Å². The van der Waals surface area contributed by atoms with E-state index >= 15 is 0 Å². The smallest absolute Gasteiger partial charge is 0.338 e. The first-order valence-electron chi connectivity index (χ1n) is 10.3. The average molecular weight is 383 g/mol. The van der Waals surface area contributed by atoms with Crippen LogP contribution in [0.1, 0.15) is 60.7 Å². The maximum atomic E-state index is 12.6. The topological polar surface area (TPSA) is 26.3 Å². The van der Waals surface area contributed by atoms with Crippen LogP contribution in [0.25, 0.3) is 21.5 Å². The predicted octanol–water partition coefficient (Wildman–Crippen LogP) is 7.42. The fourth-order valence-corrected chi connectivity index (χ4v) is 3.76. The number of ether oxygens (including phenoxy) is 1. The highest BCUT2D eigenvalue weighted by Crippen LogP contribution is 2.29. The van der Waals surface area contributed by atoms with Gasteiger partial charge in [0.25, 0.3) is 0 Å². The van der Waals surface area contributed by atoms with E-state index in [1.807, 2.05) is 31.2 Å². The second kappa shape index (κ2) is 8.08. The van der Waals surface area contributed by atoms with Crippen molar-refractivity contribution < 1.29 is 9.53 Å². The molecule has 0 amide bonds. The van der Waals surface area contributed by atoms with Gasteiger partial charge in [0.15, 0.2) is 0 Å². The molecule has 0 spiro atoms. The molecule has 0 fully saturated rings. The zero-order chi connectivity index (χ0) is 20.4. The molecule has 0 aliphatic heterocycles. The molecule has 29 heavy (non-hydrogen) atoms. The minimum Gasteiger partial charge on any atom is -0.454 e. The number of benzene rings is 4. The Labute approximate surface area is 172 Å². The van der Waals surface area contributed by atoms with E-state index in [1.165, 1.54) is 21.7 Å². The normalized spacial score (nSPS) is 13.3. The Kier molecular flexibility index (Phi) is 5.35. The SMILES string of the molecule is CCC(C)c1ccc(C(=O)OC(C)c2ccc3c(ccc4ccccc43)c2)cc1. The van der Waals surface area contributed by atoms with Gasteiger partial charge in [0.2, 0.25) is 0 Å². The van der Waals surface area contributed by atoms with E-state index < -0.39 is 0 Å². The van der Waals surface area contributed by atoms with Gasteiger partial charge in [-0.2, -0.15) is 0 Å². The minimum absolute atomic E-state index is 0.285. The summed E-state index contributed by atoms with van der Waals surface area (Å²) in [5.41, 5.74) is 2.84. The molecule has 2 nitrogen and oxygen atoms in total. The summed E-state index contributed by atoms with van der Waals surface area (Å²) in [5, 5.41) is 4.84. The molecular weight excluding hydrogens is 356 g/mol. The molecule has 2 heteroatoms. The van der Waals surface area contributed by atoms with Crippen molar-refractivity contribution in [1.82, 2.24) is 0 Å². The lowest BCUT2D eigenvalue weighted by Gasteiger charge is -2.15. The van der Waals surface area contributed by atoms with Gasteiger partial charge in [-0.05, 0) is 70.1 Å². The van der Waals surface area contributed by atoms with E-state index in [9.17, 15) is 4.79 Å². The first kappa shape index (κ1) is 19.2. The zero-order valence-electron chi connectivity index (χ0n) is 17.2. The lowest BCUT2D eigenvalue weighted by Crippen LogP contribution is -2.09. The molecule has 0 aliphatic rings. The first-order chi connectivity index (χ1) is 14.1. The standard InChI is InChI=1S/C27H26O2/c1-4-18(2)20-9-12-22(13-10-20)27(28)29-19(3)23-15-16-26-24(17-23)14-11-21-7-5-6-8-25(21)26/h5-19H,4H2,1-3H3. The molecule has 146 valence electrons. The number of hydrogen-bond donors (Lipinski definition) is 0. The molecule has 0 saturated heterocycles. The zero-order valence-corrected chi connectivity index (χ0v) is 17.2. The van der Waals surface area contributed by atoms with Crippen molar-refractivity contribution in [2.75, 3.05) is 0 Å². The Morgan fingerprint density at radius 2 is 1.45 bits per heavy atom. The fraction of sp³-hybridized carbons (Fsp3) is 0.222. The van der Waals surface area contributed by atoms with Gasteiger partial charge in [-0.25, -0.2) is 4.79 Å². The van der Waals surface area contributed by atoms with Crippen LogP contribution in [0.4, 0.5) is 0 Å². The summed E-state index contributed by atoms with van der Waals surface area (Å²) >= 11 is 0. The highest BCUT2D eigenvalue weighted by Gasteiger charge is 2.15. The number of hydrogen-bond acceptors (Lipinski definition) is 2. The van der Waals surface area contributed by atoms with Crippen LogP contribution >= 0.6 is 0 Å². The van der Waals surface area contributed by atoms with Gasteiger partial charge in [0, 0.05) is 0 Å². The summed E-state index contributed by atoms with van der Waals surface area (Å²) < 4.78 is 5.75. The molecule has 2 unspecified atom stereocenters. The van der Waals surface area contributed by atoms with Crippen LogP contribution in [0.5, 0.6) is 0 Å². The lowest BCUT2D eigenvalue weighted by atomic mass is 9.97. The second-order valence-electron chi connectivity index (χ2n) is 7.75. The van der Waals surface area contributed by atoms with Crippen molar-refractivity contribution in [3.05, 3.63) is 95.6 Å². The van der Waals surface area contributed by atoms with Gasteiger partial charge >= 0.3 is 5.97 Å². The van der Waals surface area contributed by atoms with Gasteiger partial charge in [-0.3, -0.25) is 0 Å². The molecule has 2 atom stereocenters. The molecule has 0 saturated carbocycles. The molecule has 0 N–H and O–H groups in total. The largest absolute Gasteiger partial charge is 0.454 e. The Hall–Kier alpha value is -3.13. The molecule has 0 aliphatic carbocycles. The van der Waals surface area contributed by atoms with E-state index in [0.717, 1.165) is 17.4 Å². The van der Waals surface area contributed by atoms with E-state index in [2.05, 4.69) is 68.4 Å². The van der Waals surface area contributed by atoms with Crippen LogP contribution in [-0.4, -0.2) is 5.97 Å². The summed E-state index contributed by atoms with van der Waals surface area (Å²) in [5.74, 6) is 0.208. The predicted molar refractivity (Wildman–Crippen MR) is 120 cm³/mol. The van der Waals surface area contributed by atoms with Gasteiger partial charge in [-0.15, -0.1) is 0 Å². The minimum atomic E-state index is -0.312. The van der Waals surface area contributed by atoms with E-state index in [1.54, 1.807) is 0 Å². The van der Waals surface area contributed by atoms with Gasteiger partial charge < -0.3 is 4.74 Å². The molecule has 4 rings (SSSR count). The first-order valence-corrected chi connectivity index (χ1v) is 10.3. The molecule has 0 radical (unpaired) electrons. The van der Waals surface area contributed by atoms with Crippen molar-refractivity contribution in [3.63, 3.8) is 0 Å². The number of esters is 1. The quantitative estimate of drug-likeness (QED) is 0.265. The van der Waals surface area contributed by atoms with Crippen LogP contribution in [0.2, 0.25) is 0 Å². The van der Waals surface area contributed by atoms with Crippen molar-refractivity contribution in [2.24, 2.45) is 0 Å². The maximum Gasteiger partial charge on any atom is 0.338 e. The Morgan fingerprint density at radius 3 is 2.21 bits per heavy atom. The van der Waals surface area contributed by atoms with Crippen LogP contribution < -0.4 is 0 Å². The Balaban J connectivity index is 1.54. The molecule has 4 aromatic carbocycles. The van der Waals surface area contributed by atoms with E-state index in [4.69, 9.17) is 4.74 Å². The summed E-state index contributed by atoms with van der Waals surface area (Å²) in [6.07, 6.45) is 0.769. The van der Waals surface area contributed by atoms with Gasteiger partial charge in [0.1, 0.15) is 6.10 Å². The highest BCUT2D eigenvalue weighted by molar-refractivity contribution is 6.07. The Morgan fingerprint density at radius 1 is 0.793 bits per heavy atom. The summed E-state index contributed by atoms with van der Waals surface area (Å²) in [4.78, 5) is 12.6. The van der Waals surface area contributed by atoms with Crippen LogP contribution in [0.3, 0.4) is 0 Å². The van der Waals surface area contributed by atoms with E-state index in [0.29, 0.717) is 11.5 Å². The summed E-state index contributed by atoms with van der Waals surface area (Å²) in [7, 11) is 0. The Bertz CT molecular complexity index is 1160. The third-order valence-corrected chi connectivity index (χ3v) is 5.85. The third-order valence-electron chi connectivity index (χ3n) is 5.85. The summed E-state index contributed by atoms with van der Waals surface area (Å²) in [6.45, 7) is 6.28. The van der Waals surface area contributed by atoms with Crippen LogP contribution in [0.15, 0.2) is 78.9 Å². The van der Waals surface area contributed by atoms with Crippen LogP contribution in [-0.2, 0) is 4.74 Å². The highest BCUT2D eigenvalue weighted by atomic mass is 16.5. The lowest BCUT2D eigenvalue weighted by molar-refractivity contribution is 0.0338.